The van der Waals surface area contributed by atoms with Crippen molar-refractivity contribution in [3.63, 3.8) is 0 Å². The molecule has 0 saturated heterocycles. The summed E-state index contributed by atoms with van der Waals surface area (Å²) in [5.74, 6) is 1.52. The summed E-state index contributed by atoms with van der Waals surface area (Å²) in [6.07, 6.45) is 11.4. The molecule has 0 aromatic rings. The van der Waals surface area contributed by atoms with Gasteiger partial charge in [0.05, 0.1) is 18.3 Å². The molecule has 3 heteroatoms. The molecule has 0 heterocycles. The second kappa shape index (κ2) is 9.89. The maximum Gasteiger partial charge on any atom is 0.0575 e. The Kier molecular flexibility index (Phi) is 8.19. The van der Waals surface area contributed by atoms with E-state index in [1.165, 1.54) is 51.4 Å². The molecule has 0 atom stereocenters. The van der Waals surface area contributed by atoms with Gasteiger partial charge in [0.15, 0.2) is 0 Å². The van der Waals surface area contributed by atoms with E-state index in [4.69, 9.17) is 14.2 Å². The van der Waals surface area contributed by atoms with Gasteiger partial charge in [-0.1, -0.05) is 0 Å². The van der Waals surface area contributed by atoms with Gasteiger partial charge in [-0.05, 0) is 84.0 Å². The largest absolute Gasteiger partial charge is 0.379 e. The minimum atomic E-state index is 0.362. The molecule has 0 aromatic carbocycles. The van der Waals surface area contributed by atoms with Crippen molar-refractivity contribution in [1.29, 1.82) is 0 Å². The zero-order valence-corrected chi connectivity index (χ0v) is 14.9. The summed E-state index contributed by atoms with van der Waals surface area (Å²) in [4.78, 5) is 0. The summed E-state index contributed by atoms with van der Waals surface area (Å²) in [6.45, 7) is 9.10. The second-order valence-corrected chi connectivity index (χ2v) is 7.46. The molecule has 2 rings (SSSR count). The first-order valence-electron chi connectivity index (χ1n) is 9.52. The standard InChI is InChI=1S/C19H36O3/c1-4-20-18-9-5-17(6-10-18)14-22-19-11-7-16(8-12-19)13-21-15(2)3/h15-19H,4-14H2,1-3H3. The highest BCUT2D eigenvalue weighted by Gasteiger charge is 2.25. The van der Waals surface area contributed by atoms with E-state index in [2.05, 4.69) is 20.8 Å². The van der Waals surface area contributed by atoms with E-state index in [1.807, 2.05) is 0 Å². The van der Waals surface area contributed by atoms with Gasteiger partial charge in [-0.15, -0.1) is 0 Å². The van der Waals surface area contributed by atoms with Crippen molar-refractivity contribution >= 4 is 0 Å². The van der Waals surface area contributed by atoms with Crippen LogP contribution in [0.4, 0.5) is 0 Å². The zero-order chi connectivity index (χ0) is 15.8. The lowest BCUT2D eigenvalue weighted by Gasteiger charge is -2.32. The molecule has 0 N–H and O–H groups in total. The van der Waals surface area contributed by atoms with E-state index in [0.717, 1.165) is 31.7 Å². The van der Waals surface area contributed by atoms with E-state index in [9.17, 15) is 0 Å². The summed E-state index contributed by atoms with van der Waals surface area (Å²) in [7, 11) is 0. The van der Waals surface area contributed by atoms with Crippen LogP contribution < -0.4 is 0 Å². The summed E-state index contributed by atoms with van der Waals surface area (Å²) in [6, 6.07) is 0. The van der Waals surface area contributed by atoms with Crippen molar-refractivity contribution in [3.05, 3.63) is 0 Å². The van der Waals surface area contributed by atoms with E-state index < -0.39 is 0 Å². The number of hydrogen-bond acceptors (Lipinski definition) is 3. The summed E-state index contributed by atoms with van der Waals surface area (Å²) >= 11 is 0. The highest BCUT2D eigenvalue weighted by molar-refractivity contribution is 4.76. The van der Waals surface area contributed by atoms with Gasteiger partial charge in [0.25, 0.3) is 0 Å². The van der Waals surface area contributed by atoms with Crippen LogP contribution in [0.25, 0.3) is 0 Å². The Morgan fingerprint density at radius 3 is 1.73 bits per heavy atom. The lowest BCUT2D eigenvalue weighted by molar-refractivity contribution is -0.0347. The van der Waals surface area contributed by atoms with Crippen LogP contribution in [0, 0.1) is 11.8 Å². The molecule has 2 aliphatic carbocycles. The van der Waals surface area contributed by atoms with Gasteiger partial charge >= 0.3 is 0 Å². The molecule has 0 aliphatic heterocycles. The molecule has 22 heavy (non-hydrogen) atoms. The predicted molar refractivity (Wildman–Crippen MR) is 90.2 cm³/mol. The van der Waals surface area contributed by atoms with Gasteiger partial charge in [0.1, 0.15) is 0 Å². The molecule has 0 aromatic heterocycles. The first kappa shape index (κ1) is 18.2. The zero-order valence-electron chi connectivity index (χ0n) is 14.9. The third kappa shape index (κ3) is 6.55. The van der Waals surface area contributed by atoms with Crippen molar-refractivity contribution in [2.24, 2.45) is 11.8 Å². The molecule has 2 aliphatic rings. The third-order valence-corrected chi connectivity index (χ3v) is 5.22. The van der Waals surface area contributed by atoms with Crippen molar-refractivity contribution in [2.75, 3.05) is 19.8 Å². The molecule has 0 radical (unpaired) electrons. The fourth-order valence-electron chi connectivity index (χ4n) is 3.77. The fourth-order valence-corrected chi connectivity index (χ4v) is 3.77. The van der Waals surface area contributed by atoms with Crippen LogP contribution in [0.15, 0.2) is 0 Å². The van der Waals surface area contributed by atoms with Gasteiger partial charge < -0.3 is 14.2 Å². The Morgan fingerprint density at radius 1 is 0.727 bits per heavy atom. The lowest BCUT2D eigenvalue weighted by atomic mass is 9.86. The smallest absolute Gasteiger partial charge is 0.0575 e. The van der Waals surface area contributed by atoms with Crippen LogP contribution in [0.1, 0.15) is 72.1 Å². The molecular formula is C19H36O3. The Balaban J connectivity index is 1.54. The normalized spacial score (nSPS) is 33.3. The molecule has 130 valence electrons. The molecular weight excluding hydrogens is 276 g/mol. The van der Waals surface area contributed by atoms with Crippen LogP contribution in [0.2, 0.25) is 0 Å². The molecule has 0 amide bonds. The quantitative estimate of drug-likeness (QED) is 0.656. The Labute approximate surface area is 137 Å². The monoisotopic (exact) mass is 312 g/mol. The number of ether oxygens (including phenoxy) is 3. The van der Waals surface area contributed by atoms with Crippen molar-refractivity contribution < 1.29 is 14.2 Å². The minimum absolute atomic E-state index is 0.362. The summed E-state index contributed by atoms with van der Waals surface area (Å²) in [5, 5.41) is 0. The maximum absolute atomic E-state index is 6.21. The summed E-state index contributed by atoms with van der Waals surface area (Å²) in [5.41, 5.74) is 0. The van der Waals surface area contributed by atoms with E-state index in [-0.39, 0.29) is 0 Å². The highest BCUT2D eigenvalue weighted by Crippen LogP contribution is 2.30. The predicted octanol–water partition coefficient (Wildman–Crippen LogP) is 4.58. The van der Waals surface area contributed by atoms with E-state index >= 15 is 0 Å². The highest BCUT2D eigenvalue weighted by atomic mass is 16.5. The van der Waals surface area contributed by atoms with Crippen molar-refractivity contribution in [1.82, 2.24) is 0 Å². The molecule has 0 bridgehead atoms. The van der Waals surface area contributed by atoms with E-state index in [1.54, 1.807) is 0 Å². The van der Waals surface area contributed by atoms with Gasteiger partial charge in [-0.3, -0.25) is 0 Å². The Bertz CT molecular complexity index is 276. The molecule has 2 fully saturated rings. The van der Waals surface area contributed by atoms with E-state index in [0.29, 0.717) is 18.3 Å². The third-order valence-electron chi connectivity index (χ3n) is 5.22. The Hall–Kier alpha value is -0.120. The molecule has 0 unspecified atom stereocenters. The maximum atomic E-state index is 6.21. The van der Waals surface area contributed by atoms with Gasteiger partial charge in [-0.2, -0.15) is 0 Å². The van der Waals surface area contributed by atoms with Crippen molar-refractivity contribution in [3.8, 4) is 0 Å². The Morgan fingerprint density at radius 2 is 1.23 bits per heavy atom. The fraction of sp³-hybridized carbons (Fsp3) is 1.00. The molecule has 3 nitrogen and oxygen atoms in total. The average molecular weight is 312 g/mol. The number of rotatable bonds is 8. The SMILES string of the molecule is CCOC1CCC(COC2CCC(COC(C)C)CC2)CC1. The minimum Gasteiger partial charge on any atom is -0.379 e. The van der Waals surface area contributed by atoms with Gasteiger partial charge in [0, 0.05) is 19.8 Å². The number of hydrogen-bond donors (Lipinski definition) is 0. The second-order valence-electron chi connectivity index (χ2n) is 7.46. The first-order valence-corrected chi connectivity index (χ1v) is 9.52. The van der Waals surface area contributed by atoms with Crippen LogP contribution in [0.5, 0.6) is 0 Å². The molecule has 2 saturated carbocycles. The average Bonchev–Trinajstić information content (AvgIpc) is 2.53. The van der Waals surface area contributed by atoms with Crippen LogP contribution in [0.3, 0.4) is 0 Å². The van der Waals surface area contributed by atoms with Crippen LogP contribution in [-0.2, 0) is 14.2 Å². The van der Waals surface area contributed by atoms with Gasteiger partial charge in [-0.25, -0.2) is 0 Å². The lowest BCUT2D eigenvalue weighted by Crippen LogP contribution is -2.29. The van der Waals surface area contributed by atoms with Crippen molar-refractivity contribution in [2.45, 2.75) is 90.4 Å². The van der Waals surface area contributed by atoms with Crippen LogP contribution in [-0.4, -0.2) is 38.1 Å². The first-order chi connectivity index (χ1) is 10.7. The summed E-state index contributed by atoms with van der Waals surface area (Å²) < 4.78 is 17.7. The van der Waals surface area contributed by atoms with Crippen LogP contribution >= 0.6 is 0 Å². The molecule has 0 spiro atoms. The topological polar surface area (TPSA) is 27.7 Å². The van der Waals surface area contributed by atoms with Gasteiger partial charge in [0.2, 0.25) is 0 Å².